The highest BCUT2D eigenvalue weighted by Gasteiger charge is 2.18. The van der Waals surface area contributed by atoms with Crippen LogP contribution >= 0.6 is 0 Å². The summed E-state index contributed by atoms with van der Waals surface area (Å²) in [5.74, 6) is 0.543. The lowest BCUT2D eigenvalue weighted by atomic mass is 9.86. The molecule has 2 rings (SSSR count). The molecule has 0 radical (unpaired) electrons. The van der Waals surface area contributed by atoms with E-state index >= 15 is 0 Å². The smallest absolute Gasteiger partial charge is 0.0504 e. The number of aryl methyl sites for hydroxylation is 1. The Kier molecular flexibility index (Phi) is 4.75. The highest BCUT2D eigenvalue weighted by molar-refractivity contribution is 5.29. The van der Waals surface area contributed by atoms with Crippen molar-refractivity contribution in [3.63, 3.8) is 0 Å². The van der Waals surface area contributed by atoms with E-state index in [1.54, 1.807) is 0 Å². The Hall–Kier alpha value is -1.15. The summed E-state index contributed by atoms with van der Waals surface area (Å²) in [7, 11) is 0. The van der Waals surface area contributed by atoms with Gasteiger partial charge in [-0.3, -0.25) is 4.98 Å². The van der Waals surface area contributed by atoms with Crippen molar-refractivity contribution in [2.45, 2.75) is 38.5 Å². The highest BCUT2D eigenvalue weighted by Crippen LogP contribution is 2.30. The highest BCUT2D eigenvalue weighted by atomic mass is 14.8. The molecule has 92 valence electrons. The predicted octanol–water partition coefficient (Wildman–Crippen LogP) is 3.06. The van der Waals surface area contributed by atoms with Crippen LogP contribution in [0, 0.1) is 0 Å². The predicted molar refractivity (Wildman–Crippen MR) is 72.2 cm³/mol. The van der Waals surface area contributed by atoms with Gasteiger partial charge in [-0.1, -0.05) is 25.1 Å². The first-order valence-electron chi connectivity index (χ1n) is 6.73. The maximum absolute atomic E-state index is 4.55. The maximum atomic E-state index is 4.55. The van der Waals surface area contributed by atoms with E-state index in [2.05, 4.69) is 41.5 Å². The zero-order chi connectivity index (χ0) is 11.9. The van der Waals surface area contributed by atoms with Crippen LogP contribution in [0.3, 0.4) is 0 Å². The number of aromatic nitrogens is 1. The molecule has 1 N–H and O–H groups in total. The summed E-state index contributed by atoms with van der Waals surface area (Å²) in [6, 6.07) is 4.27. The number of fused-ring (bicyclic) bond motifs is 1. The van der Waals surface area contributed by atoms with Crippen LogP contribution in [-0.2, 0) is 6.42 Å². The topological polar surface area (TPSA) is 24.9 Å². The molecule has 0 spiro atoms. The Balaban J connectivity index is 1.94. The van der Waals surface area contributed by atoms with E-state index in [-0.39, 0.29) is 0 Å². The van der Waals surface area contributed by atoms with Gasteiger partial charge in [-0.15, -0.1) is 0 Å². The van der Waals surface area contributed by atoms with Gasteiger partial charge in [0.05, 0.1) is 5.69 Å². The van der Waals surface area contributed by atoms with Crippen molar-refractivity contribution in [1.82, 2.24) is 10.3 Å². The molecule has 2 heteroatoms. The van der Waals surface area contributed by atoms with Gasteiger partial charge in [-0.25, -0.2) is 0 Å². The van der Waals surface area contributed by atoms with Crippen LogP contribution in [0.1, 0.15) is 43.4 Å². The first-order chi connectivity index (χ1) is 8.42. The lowest BCUT2D eigenvalue weighted by Crippen LogP contribution is -2.13. The van der Waals surface area contributed by atoms with Crippen LogP contribution in [0.4, 0.5) is 0 Å². The molecule has 1 unspecified atom stereocenters. The van der Waals surface area contributed by atoms with Crippen LogP contribution < -0.4 is 5.32 Å². The number of hydrogen-bond donors (Lipinski definition) is 1. The molecule has 2 nitrogen and oxygen atoms in total. The fourth-order valence-electron chi connectivity index (χ4n) is 2.46. The molecule has 0 saturated carbocycles. The van der Waals surface area contributed by atoms with Gasteiger partial charge in [-0.2, -0.15) is 0 Å². The molecular formula is C15H22N2. The van der Waals surface area contributed by atoms with Crippen molar-refractivity contribution in [3.8, 4) is 0 Å². The monoisotopic (exact) mass is 230 g/mol. The molecule has 0 aliphatic heterocycles. The summed E-state index contributed by atoms with van der Waals surface area (Å²) in [6.45, 7) is 4.28. The summed E-state index contributed by atoms with van der Waals surface area (Å²) < 4.78 is 0. The summed E-state index contributed by atoms with van der Waals surface area (Å²) in [5.41, 5.74) is 2.75. The van der Waals surface area contributed by atoms with Crippen molar-refractivity contribution in [2.75, 3.05) is 13.1 Å². The average molecular weight is 230 g/mol. The van der Waals surface area contributed by atoms with Gasteiger partial charge in [0.15, 0.2) is 0 Å². The van der Waals surface area contributed by atoms with Crippen LogP contribution in [0.25, 0.3) is 0 Å². The van der Waals surface area contributed by atoms with Gasteiger partial charge in [0.25, 0.3) is 0 Å². The number of allylic oxidation sites excluding steroid dienone is 1. The molecule has 0 aromatic carbocycles. The van der Waals surface area contributed by atoms with E-state index in [0.717, 1.165) is 19.5 Å². The largest absolute Gasteiger partial charge is 0.317 e. The third kappa shape index (κ3) is 3.40. The van der Waals surface area contributed by atoms with E-state index in [4.69, 9.17) is 0 Å². The number of hydrogen-bond acceptors (Lipinski definition) is 2. The summed E-state index contributed by atoms with van der Waals surface area (Å²) in [5, 5.41) is 3.34. The maximum Gasteiger partial charge on any atom is 0.0504 e. The van der Waals surface area contributed by atoms with Crippen LogP contribution in [-0.4, -0.2) is 18.1 Å². The third-order valence-electron chi connectivity index (χ3n) is 3.34. The Labute approximate surface area is 104 Å². The summed E-state index contributed by atoms with van der Waals surface area (Å²) >= 11 is 0. The van der Waals surface area contributed by atoms with Crippen molar-refractivity contribution >= 4 is 0 Å². The standard InChI is InChI=1S/C15H22N2/c1-2-16-11-4-3-7-13-8-5-9-14-10-6-12-17-15(13)14/h3,6-7,10,12-13,16H,2,4-5,8-9,11H2,1H3. The molecule has 0 bridgehead atoms. The quantitative estimate of drug-likeness (QED) is 0.621. The van der Waals surface area contributed by atoms with E-state index < -0.39 is 0 Å². The van der Waals surface area contributed by atoms with Gasteiger partial charge in [0, 0.05) is 12.1 Å². The van der Waals surface area contributed by atoms with Gasteiger partial charge < -0.3 is 5.32 Å². The van der Waals surface area contributed by atoms with Crippen LogP contribution in [0.5, 0.6) is 0 Å². The molecular weight excluding hydrogens is 208 g/mol. The molecule has 1 aromatic rings. The molecule has 1 aromatic heterocycles. The molecule has 0 fully saturated rings. The minimum atomic E-state index is 0.543. The summed E-state index contributed by atoms with van der Waals surface area (Å²) in [6.07, 6.45) is 11.4. The first kappa shape index (κ1) is 12.3. The van der Waals surface area contributed by atoms with Crippen LogP contribution in [0.15, 0.2) is 30.5 Å². The van der Waals surface area contributed by atoms with Gasteiger partial charge in [0.1, 0.15) is 0 Å². The molecule has 17 heavy (non-hydrogen) atoms. The first-order valence-corrected chi connectivity index (χ1v) is 6.73. The lowest BCUT2D eigenvalue weighted by Gasteiger charge is -2.21. The Bertz CT molecular complexity index is 371. The second kappa shape index (κ2) is 6.55. The van der Waals surface area contributed by atoms with Gasteiger partial charge >= 0.3 is 0 Å². The van der Waals surface area contributed by atoms with Gasteiger partial charge in [-0.05, 0) is 50.4 Å². The molecule has 0 amide bonds. The van der Waals surface area contributed by atoms with Crippen molar-refractivity contribution < 1.29 is 0 Å². The minimum Gasteiger partial charge on any atom is -0.317 e. The van der Waals surface area contributed by atoms with Crippen molar-refractivity contribution in [1.29, 1.82) is 0 Å². The normalized spacial score (nSPS) is 19.5. The van der Waals surface area contributed by atoms with Crippen molar-refractivity contribution in [3.05, 3.63) is 41.7 Å². The number of pyridine rings is 1. The van der Waals surface area contributed by atoms with E-state index in [9.17, 15) is 0 Å². The van der Waals surface area contributed by atoms with E-state index in [1.807, 2.05) is 6.20 Å². The Morgan fingerprint density at radius 1 is 1.53 bits per heavy atom. The molecule has 0 saturated heterocycles. The number of nitrogens with zero attached hydrogens (tertiary/aromatic N) is 1. The van der Waals surface area contributed by atoms with Crippen molar-refractivity contribution in [2.24, 2.45) is 0 Å². The summed E-state index contributed by atoms with van der Waals surface area (Å²) in [4.78, 5) is 4.55. The minimum absolute atomic E-state index is 0.543. The second-order valence-electron chi connectivity index (χ2n) is 4.62. The molecule has 1 atom stereocenters. The van der Waals surface area contributed by atoms with E-state index in [1.165, 1.54) is 30.5 Å². The van der Waals surface area contributed by atoms with E-state index in [0.29, 0.717) is 5.92 Å². The fraction of sp³-hybridized carbons (Fsp3) is 0.533. The van der Waals surface area contributed by atoms with Crippen LogP contribution in [0.2, 0.25) is 0 Å². The third-order valence-corrected chi connectivity index (χ3v) is 3.34. The Morgan fingerprint density at radius 2 is 2.47 bits per heavy atom. The number of rotatable bonds is 5. The molecule has 1 aliphatic rings. The van der Waals surface area contributed by atoms with Gasteiger partial charge in [0.2, 0.25) is 0 Å². The number of nitrogens with one attached hydrogen (secondary N) is 1. The lowest BCUT2D eigenvalue weighted by molar-refractivity contribution is 0.609. The second-order valence-corrected chi connectivity index (χ2v) is 4.62. The zero-order valence-electron chi connectivity index (χ0n) is 10.7. The SMILES string of the molecule is CCNCCC=CC1CCCc2cccnc21. The fourth-order valence-corrected chi connectivity index (χ4v) is 2.46. The molecule has 1 heterocycles. The zero-order valence-corrected chi connectivity index (χ0v) is 10.7. The average Bonchev–Trinajstić information content (AvgIpc) is 2.39. The Morgan fingerprint density at radius 3 is 3.35 bits per heavy atom. The molecule has 1 aliphatic carbocycles.